The van der Waals surface area contributed by atoms with Gasteiger partial charge in [-0.15, -0.1) is 0 Å². The summed E-state index contributed by atoms with van der Waals surface area (Å²) in [4.78, 5) is 24.6. The predicted molar refractivity (Wildman–Crippen MR) is 149 cm³/mol. The highest BCUT2D eigenvalue weighted by Crippen LogP contribution is 2.61. The minimum atomic E-state index is -1.25. The number of phenolic OH excluding ortho intramolecular Hbond substituents is 1. The van der Waals surface area contributed by atoms with Gasteiger partial charge in [0, 0.05) is 5.92 Å². The third-order valence-electron chi connectivity index (χ3n) is 10.5. The third-order valence-corrected chi connectivity index (χ3v) is 10.5. The van der Waals surface area contributed by atoms with E-state index >= 15 is 0 Å². The Morgan fingerprint density at radius 1 is 1.12 bits per heavy atom. The fourth-order valence-corrected chi connectivity index (χ4v) is 7.99. The molecule has 2 aliphatic carbocycles. The van der Waals surface area contributed by atoms with E-state index in [1.54, 1.807) is 26.0 Å². The molecule has 5 rings (SSSR count). The Morgan fingerprint density at radius 2 is 1.88 bits per heavy atom. The Bertz CT molecular complexity index is 1170. The first-order valence-corrected chi connectivity index (χ1v) is 15.0. The summed E-state index contributed by atoms with van der Waals surface area (Å²) < 4.78 is 6.84. The highest BCUT2D eigenvalue weighted by molar-refractivity contribution is 5.94. The number of hydrogen-bond donors (Lipinski definition) is 4. The largest absolute Gasteiger partial charge is 0.507 e. The maximum atomic E-state index is 13.2. The Labute approximate surface area is 237 Å². The number of aliphatic hydroxyl groups excluding tert-OH is 2. The van der Waals surface area contributed by atoms with Crippen molar-refractivity contribution in [3.8, 4) is 5.75 Å². The molecule has 0 unspecified atom stereocenters. The molecule has 2 bridgehead atoms. The zero-order chi connectivity index (χ0) is 29.0. The van der Waals surface area contributed by atoms with E-state index in [4.69, 9.17) is 14.5 Å². The van der Waals surface area contributed by atoms with Crippen LogP contribution in [0.15, 0.2) is 17.7 Å². The first-order chi connectivity index (χ1) is 18.9. The van der Waals surface area contributed by atoms with Crippen molar-refractivity contribution in [2.45, 2.75) is 122 Å². The minimum Gasteiger partial charge on any atom is -0.507 e. The number of hydrogen-bond acceptors (Lipinski definition) is 8. The lowest BCUT2D eigenvalue weighted by Gasteiger charge is -2.60. The van der Waals surface area contributed by atoms with Gasteiger partial charge in [-0.2, -0.15) is 4.89 Å². The molecule has 4 N–H and O–H groups in total. The van der Waals surface area contributed by atoms with Crippen LogP contribution in [0.2, 0.25) is 0 Å². The summed E-state index contributed by atoms with van der Waals surface area (Å²) in [6, 6.07) is 1.64. The van der Waals surface area contributed by atoms with Crippen LogP contribution in [0.4, 0.5) is 0 Å². The molecule has 1 fully saturated rings. The van der Waals surface area contributed by atoms with E-state index in [0.29, 0.717) is 30.4 Å². The summed E-state index contributed by atoms with van der Waals surface area (Å²) >= 11 is 0. The maximum absolute atomic E-state index is 13.2. The predicted octanol–water partition coefficient (Wildman–Crippen LogP) is 4.98. The van der Waals surface area contributed by atoms with Gasteiger partial charge >= 0.3 is 5.97 Å². The number of unbranched alkanes of at least 4 members (excludes halogenated alkanes) is 3. The first-order valence-electron chi connectivity index (χ1n) is 15.0. The van der Waals surface area contributed by atoms with Crippen LogP contribution < -0.4 is 0 Å². The number of rotatable bonds is 6. The molecule has 222 valence electrons. The Balaban J connectivity index is 1.64. The zero-order valence-corrected chi connectivity index (χ0v) is 24.5. The summed E-state index contributed by atoms with van der Waals surface area (Å²) in [6.07, 6.45) is 6.84. The second-order valence-corrected chi connectivity index (χ2v) is 13.4. The summed E-state index contributed by atoms with van der Waals surface area (Å²) in [7, 11) is 0. The number of carbonyl (C=O) groups is 1. The minimum absolute atomic E-state index is 0.0312. The van der Waals surface area contributed by atoms with Crippen LogP contribution in [0.3, 0.4) is 0 Å². The smallest absolute Gasteiger partial charge is 0.377 e. The van der Waals surface area contributed by atoms with Crippen LogP contribution in [0.1, 0.15) is 112 Å². The summed E-state index contributed by atoms with van der Waals surface area (Å²) in [6.45, 7) is 9.49. The lowest BCUT2D eigenvalue weighted by atomic mass is 9.48. The van der Waals surface area contributed by atoms with Crippen LogP contribution in [0.5, 0.6) is 5.75 Å². The average molecular weight is 559 g/mol. The number of benzene rings is 1. The molecule has 0 aromatic heterocycles. The molecule has 1 saturated carbocycles. The molecular formula is C32H46O8. The fourth-order valence-electron chi connectivity index (χ4n) is 7.99. The van der Waals surface area contributed by atoms with Crippen molar-refractivity contribution in [3.63, 3.8) is 0 Å². The quantitative estimate of drug-likeness (QED) is 0.219. The van der Waals surface area contributed by atoms with Crippen LogP contribution in [0.25, 0.3) is 0 Å². The van der Waals surface area contributed by atoms with E-state index in [2.05, 4.69) is 6.92 Å². The maximum Gasteiger partial charge on any atom is 0.377 e. The topological polar surface area (TPSA) is 126 Å². The van der Waals surface area contributed by atoms with E-state index in [-0.39, 0.29) is 36.4 Å². The van der Waals surface area contributed by atoms with Gasteiger partial charge in [0.2, 0.25) is 0 Å². The normalized spacial score (nSPS) is 38.0. The fraction of sp³-hybridized carbons (Fsp3) is 0.719. The van der Waals surface area contributed by atoms with Crippen molar-refractivity contribution in [1.82, 2.24) is 0 Å². The second kappa shape index (κ2) is 10.7. The van der Waals surface area contributed by atoms with Crippen molar-refractivity contribution < 1.29 is 39.7 Å². The molecule has 0 spiro atoms. The molecule has 2 aliphatic heterocycles. The molecule has 40 heavy (non-hydrogen) atoms. The van der Waals surface area contributed by atoms with Crippen LogP contribution in [-0.4, -0.2) is 56.4 Å². The van der Waals surface area contributed by atoms with Crippen LogP contribution in [-0.2, 0) is 20.9 Å². The summed E-state index contributed by atoms with van der Waals surface area (Å²) in [5.41, 5.74) is 0.0757. The van der Waals surface area contributed by atoms with E-state index in [0.717, 1.165) is 43.2 Å². The van der Waals surface area contributed by atoms with Crippen LogP contribution in [0, 0.1) is 24.2 Å². The molecule has 0 saturated heterocycles. The summed E-state index contributed by atoms with van der Waals surface area (Å²) in [5.74, 6) is -1.98. The van der Waals surface area contributed by atoms with Gasteiger partial charge in [0.05, 0.1) is 36.4 Å². The van der Waals surface area contributed by atoms with Crippen molar-refractivity contribution in [2.24, 2.45) is 17.3 Å². The lowest BCUT2D eigenvalue weighted by molar-refractivity contribution is -0.345. The Kier molecular flexibility index (Phi) is 7.90. The number of fused-ring (bicyclic) bond motifs is 4. The Morgan fingerprint density at radius 3 is 2.55 bits per heavy atom. The molecule has 1 aromatic rings. The molecule has 1 aromatic carbocycles. The first kappa shape index (κ1) is 29.5. The van der Waals surface area contributed by atoms with Crippen molar-refractivity contribution in [1.29, 1.82) is 0 Å². The van der Waals surface area contributed by atoms with Crippen molar-refractivity contribution >= 4 is 5.97 Å². The number of aliphatic hydroxyl groups is 3. The number of aromatic hydroxyl groups is 1. The van der Waals surface area contributed by atoms with Gasteiger partial charge in [-0.1, -0.05) is 52.5 Å². The van der Waals surface area contributed by atoms with Gasteiger partial charge in [-0.25, -0.2) is 4.79 Å². The molecule has 2 heterocycles. The molecule has 7 atom stereocenters. The monoisotopic (exact) mass is 558 g/mol. The van der Waals surface area contributed by atoms with E-state index in [1.807, 2.05) is 13.8 Å². The van der Waals surface area contributed by atoms with Gasteiger partial charge in [0.1, 0.15) is 16.9 Å². The standard InChI is InChI=1S/C32H46O8/c1-6-7-8-9-10-21-13-19-14-23(34)26-18(2)25(19)28(38-21)27-24(35)15-20(17-33)22-16-30(3,4)32(22,37)12-11-31(27,5)40-39-29(26)36/h14-15,21-22,24,27-28,33-35,37H,6-13,16-17H2,1-5H3/b20-15-/t21-,22-,24+,27-,28+,31+,32+/m1/s1. The van der Waals surface area contributed by atoms with E-state index in [9.17, 15) is 25.2 Å². The molecule has 0 radical (unpaired) electrons. The molecular weight excluding hydrogens is 512 g/mol. The van der Waals surface area contributed by atoms with Gasteiger partial charge in [0.25, 0.3) is 0 Å². The van der Waals surface area contributed by atoms with Gasteiger partial charge in [0.15, 0.2) is 0 Å². The van der Waals surface area contributed by atoms with E-state index in [1.165, 1.54) is 0 Å². The highest BCUT2D eigenvalue weighted by atomic mass is 17.2. The Hall–Kier alpha value is -1.97. The zero-order valence-electron chi connectivity index (χ0n) is 24.5. The molecule has 8 nitrogen and oxygen atoms in total. The highest BCUT2D eigenvalue weighted by Gasteiger charge is 2.62. The number of ether oxygens (including phenoxy) is 1. The average Bonchev–Trinajstić information content (AvgIpc) is 2.94. The van der Waals surface area contributed by atoms with Crippen molar-refractivity contribution in [3.05, 3.63) is 40.0 Å². The van der Waals surface area contributed by atoms with Gasteiger partial charge < -0.3 is 25.2 Å². The van der Waals surface area contributed by atoms with Crippen molar-refractivity contribution in [2.75, 3.05) is 6.61 Å². The van der Waals surface area contributed by atoms with Gasteiger partial charge in [-0.3, -0.25) is 4.89 Å². The summed E-state index contributed by atoms with van der Waals surface area (Å²) in [5, 5.41) is 45.1. The molecule has 8 heteroatoms. The number of phenols is 1. The molecule has 0 amide bonds. The SMILES string of the molecule is CCCCCC[C@@H]1Cc2cc(O)c3c(C)c2[C@H](O1)[C@H]1[C@@H](O)/C=C(/CO)[C@H]2CC(C)(C)[C@]2(O)CC[C@]1(C)OOC3=O. The second-order valence-electron chi connectivity index (χ2n) is 13.4. The number of carbonyl (C=O) groups excluding carboxylic acids is 1. The third kappa shape index (κ3) is 4.70. The van der Waals surface area contributed by atoms with E-state index < -0.39 is 40.7 Å². The lowest BCUT2D eigenvalue weighted by Crippen LogP contribution is -2.62. The molecule has 4 aliphatic rings. The van der Waals surface area contributed by atoms with Crippen LogP contribution >= 0.6 is 0 Å². The van der Waals surface area contributed by atoms with Gasteiger partial charge in [-0.05, 0) is 79.7 Å².